The van der Waals surface area contributed by atoms with Crippen LogP contribution in [0.5, 0.6) is 0 Å². The maximum absolute atomic E-state index is 12.4. The van der Waals surface area contributed by atoms with Crippen molar-refractivity contribution >= 4 is 17.7 Å². The van der Waals surface area contributed by atoms with Crippen LogP contribution in [0.4, 0.5) is 0 Å². The van der Waals surface area contributed by atoms with Crippen molar-refractivity contribution in [2.75, 3.05) is 6.54 Å². The van der Waals surface area contributed by atoms with E-state index in [0.717, 1.165) is 31.2 Å². The Morgan fingerprint density at radius 2 is 1.81 bits per heavy atom. The first-order chi connectivity index (χ1) is 12.5. The van der Waals surface area contributed by atoms with Crippen LogP contribution in [0.2, 0.25) is 0 Å². The minimum absolute atomic E-state index is 0.00931. The highest BCUT2D eigenvalue weighted by molar-refractivity contribution is 5.88. The summed E-state index contributed by atoms with van der Waals surface area (Å²) in [7, 11) is 0. The van der Waals surface area contributed by atoms with E-state index in [9.17, 15) is 14.4 Å². The molecular formula is C21H27NO4. The molecule has 0 saturated heterocycles. The Balaban J connectivity index is 1.43. The second kappa shape index (κ2) is 8.47. The fourth-order valence-corrected chi connectivity index (χ4v) is 4.11. The number of fused-ring (bicyclic) bond motifs is 2. The number of rotatable bonds is 6. The van der Waals surface area contributed by atoms with Gasteiger partial charge in [-0.15, -0.1) is 0 Å². The molecule has 26 heavy (non-hydrogen) atoms. The number of ether oxygens (including phenoxy) is 1. The van der Waals surface area contributed by atoms with Crippen molar-refractivity contribution in [2.24, 2.45) is 17.8 Å². The molecule has 0 aliphatic heterocycles. The quantitative estimate of drug-likeness (QED) is 0.795. The van der Waals surface area contributed by atoms with Gasteiger partial charge in [0.1, 0.15) is 5.78 Å². The molecule has 1 amide bonds. The molecule has 1 unspecified atom stereocenters. The van der Waals surface area contributed by atoms with Crippen molar-refractivity contribution < 1.29 is 19.1 Å². The van der Waals surface area contributed by atoms with Crippen LogP contribution in [0.25, 0.3) is 0 Å². The number of hydrogen-bond donors (Lipinski definition) is 1. The number of benzene rings is 1. The lowest BCUT2D eigenvalue weighted by molar-refractivity contribution is -0.162. The van der Waals surface area contributed by atoms with Gasteiger partial charge < -0.3 is 10.1 Å². The third kappa shape index (κ3) is 4.51. The van der Waals surface area contributed by atoms with Crippen LogP contribution in [-0.2, 0) is 25.5 Å². The molecule has 2 aliphatic carbocycles. The van der Waals surface area contributed by atoms with Crippen molar-refractivity contribution in [3.05, 3.63) is 35.9 Å². The lowest BCUT2D eigenvalue weighted by Gasteiger charge is -2.36. The van der Waals surface area contributed by atoms with Gasteiger partial charge in [0.2, 0.25) is 0 Å². The zero-order valence-electron chi connectivity index (χ0n) is 15.3. The molecule has 4 atom stereocenters. The summed E-state index contributed by atoms with van der Waals surface area (Å²) in [5.74, 6) is -0.513. The van der Waals surface area contributed by atoms with Gasteiger partial charge in [-0.2, -0.15) is 0 Å². The van der Waals surface area contributed by atoms with E-state index in [-0.39, 0.29) is 29.6 Å². The van der Waals surface area contributed by atoms with Crippen LogP contribution < -0.4 is 5.32 Å². The predicted molar refractivity (Wildman–Crippen MR) is 97.3 cm³/mol. The van der Waals surface area contributed by atoms with Gasteiger partial charge >= 0.3 is 5.97 Å². The summed E-state index contributed by atoms with van der Waals surface area (Å²) in [6.07, 6.45) is 3.93. The minimum Gasteiger partial charge on any atom is -0.452 e. The van der Waals surface area contributed by atoms with E-state index in [1.807, 2.05) is 30.3 Å². The average molecular weight is 357 g/mol. The van der Waals surface area contributed by atoms with E-state index in [1.54, 1.807) is 6.92 Å². The second-order valence-corrected chi connectivity index (χ2v) is 7.50. The molecule has 0 spiro atoms. The van der Waals surface area contributed by atoms with Gasteiger partial charge in [0.25, 0.3) is 5.91 Å². The van der Waals surface area contributed by atoms with Gasteiger partial charge in [-0.25, -0.2) is 0 Å². The normalized spacial score (nSPS) is 26.0. The summed E-state index contributed by atoms with van der Waals surface area (Å²) in [5, 5.41) is 2.82. The van der Waals surface area contributed by atoms with Crippen LogP contribution in [0.1, 0.15) is 44.6 Å². The first-order valence-corrected chi connectivity index (χ1v) is 9.60. The van der Waals surface area contributed by atoms with Crippen LogP contribution in [0, 0.1) is 17.8 Å². The maximum Gasteiger partial charge on any atom is 0.309 e. The number of carbonyl (C=O) groups excluding carboxylic acids is 3. The number of esters is 1. The topological polar surface area (TPSA) is 72.5 Å². The fourth-order valence-electron chi connectivity index (χ4n) is 4.11. The molecule has 0 heterocycles. The van der Waals surface area contributed by atoms with Crippen molar-refractivity contribution in [1.82, 2.24) is 5.32 Å². The van der Waals surface area contributed by atoms with Gasteiger partial charge in [-0.05, 0) is 44.6 Å². The highest BCUT2D eigenvalue weighted by Crippen LogP contribution is 2.40. The zero-order valence-corrected chi connectivity index (χ0v) is 15.3. The Bertz CT molecular complexity index is 641. The SMILES string of the molecule is C[C@H](OC(=O)C1C[C@H]2CCC[C@@H](C1)C2=O)C(=O)NCCc1ccccc1. The summed E-state index contributed by atoms with van der Waals surface area (Å²) in [4.78, 5) is 36.7. The Morgan fingerprint density at radius 1 is 1.15 bits per heavy atom. The van der Waals surface area contributed by atoms with E-state index in [1.165, 1.54) is 0 Å². The van der Waals surface area contributed by atoms with Crippen molar-refractivity contribution in [1.29, 1.82) is 0 Å². The molecule has 1 N–H and O–H groups in total. The lowest BCUT2D eigenvalue weighted by atomic mass is 9.67. The lowest BCUT2D eigenvalue weighted by Crippen LogP contribution is -2.42. The number of ketones is 1. The first-order valence-electron chi connectivity index (χ1n) is 9.60. The molecule has 2 saturated carbocycles. The van der Waals surface area contributed by atoms with Crippen molar-refractivity contribution in [3.8, 4) is 0 Å². The first kappa shape index (κ1) is 18.6. The van der Waals surface area contributed by atoms with Crippen molar-refractivity contribution in [2.45, 2.75) is 51.6 Å². The molecule has 140 valence electrons. The predicted octanol–water partition coefficient (Wildman–Crippen LogP) is 2.67. The number of carbonyl (C=O) groups is 3. The number of amides is 1. The van der Waals surface area contributed by atoms with E-state index < -0.39 is 6.10 Å². The maximum atomic E-state index is 12.4. The molecule has 0 radical (unpaired) electrons. The summed E-state index contributed by atoms with van der Waals surface area (Å²) in [6, 6.07) is 9.90. The Kier molecular flexibility index (Phi) is 6.07. The molecule has 1 aromatic carbocycles. The summed E-state index contributed by atoms with van der Waals surface area (Å²) < 4.78 is 5.39. The van der Waals surface area contributed by atoms with Gasteiger partial charge in [0.15, 0.2) is 6.10 Å². The molecule has 5 heteroatoms. The third-order valence-electron chi connectivity index (χ3n) is 5.60. The largest absolute Gasteiger partial charge is 0.452 e. The summed E-state index contributed by atoms with van der Waals surface area (Å²) in [6.45, 7) is 2.11. The van der Waals surface area contributed by atoms with Crippen LogP contribution >= 0.6 is 0 Å². The average Bonchev–Trinajstić information content (AvgIpc) is 2.62. The molecular weight excluding hydrogens is 330 g/mol. The molecule has 3 rings (SSSR count). The molecule has 0 aromatic heterocycles. The molecule has 1 aromatic rings. The Morgan fingerprint density at radius 3 is 2.46 bits per heavy atom. The Labute approximate surface area is 154 Å². The Hall–Kier alpha value is -2.17. The summed E-state index contributed by atoms with van der Waals surface area (Å²) >= 11 is 0. The van der Waals surface area contributed by atoms with Gasteiger partial charge in [-0.3, -0.25) is 14.4 Å². The second-order valence-electron chi connectivity index (χ2n) is 7.50. The highest BCUT2D eigenvalue weighted by atomic mass is 16.5. The number of nitrogens with one attached hydrogen (secondary N) is 1. The number of hydrogen-bond acceptors (Lipinski definition) is 4. The monoisotopic (exact) mass is 357 g/mol. The molecule has 2 fully saturated rings. The van der Waals surface area contributed by atoms with Crippen LogP contribution in [0.15, 0.2) is 30.3 Å². The van der Waals surface area contributed by atoms with E-state index in [2.05, 4.69) is 5.32 Å². The van der Waals surface area contributed by atoms with E-state index in [4.69, 9.17) is 4.74 Å². The standard InChI is InChI=1S/C21H27NO4/c1-14(20(24)22-11-10-15-6-3-2-4-7-15)26-21(25)18-12-16-8-5-9-17(13-18)19(16)23/h2-4,6-7,14,16-18H,5,8-13H2,1H3,(H,22,24)/t14-,16-,17+,18?/m0/s1. The molecule has 5 nitrogen and oxygen atoms in total. The smallest absolute Gasteiger partial charge is 0.309 e. The third-order valence-corrected chi connectivity index (χ3v) is 5.60. The summed E-state index contributed by atoms with van der Waals surface area (Å²) in [5.41, 5.74) is 1.15. The van der Waals surface area contributed by atoms with Crippen LogP contribution in [-0.4, -0.2) is 30.3 Å². The molecule has 2 bridgehead atoms. The zero-order chi connectivity index (χ0) is 18.5. The van der Waals surface area contributed by atoms with E-state index in [0.29, 0.717) is 25.2 Å². The highest BCUT2D eigenvalue weighted by Gasteiger charge is 2.42. The molecule has 2 aliphatic rings. The van der Waals surface area contributed by atoms with E-state index >= 15 is 0 Å². The van der Waals surface area contributed by atoms with Gasteiger partial charge in [0.05, 0.1) is 5.92 Å². The van der Waals surface area contributed by atoms with Gasteiger partial charge in [-0.1, -0.05) is 36.8 Å². The number of Topliss-reactive ketones (excluding diaryl/α,β-unsaturated/α-hetero) is 1. The van der Waals surface area contributed by atoms with Crippen LogP contribution in [0.3, 0.4) is 0 Å². The minimum atomic E-state index is -0.809. The van der Waals surface area contributed by atoms with Crippen molar-refractivity contribution in [3.63, 3.8) is 0 Å². The fraction of sp³-hybridized carbons (Fsp3) is 0.571. The van der Waals surface area contributed by atoms with Gasteiger partial charge in [0, 0.05) is 18.4 Å².